The molecule has 1 N–H and O–H groups in total. The van der Waals surface area contributed by atoms with Crippen molar-refractivity contribution in [2.24, 2.45) is 0 Å². The number of para-hydroxylation sites is 1. The number of pyridine rings is 1. The van der Waals surface area contributed by atoms with Crippen LogP contribution in [-0.4, -0.2) is 24.8 Å². The molecular weight excluding hydrogens is 338 g/mol. The molecule has 2 heterocycles. The Bertz CT molecular complexity index is 1070. The number of anilines is 1. The van der Waals surface area contributed by atoms with Gasteiger partial charge in [0, 0.05) is 31.2 Å². The largest absolute Gasteiger partial charge is 0.378 e. The zero-order valence-electron chi connectivity index (χ0n) is 15.8. The SMILES string of the molecule is Cc1cc(=O)n(C[C@@H]2C=C(c3ccc(N(C)C)cc3)NO2)c2ccccc12. The summed E-state index contributed by atoms with van der Waals surface area (Å²) in [4.78, 5) is 20.3. The lowest BCUT2D eigenvalue weighted by Crippen LogP contribution is -2.27. The number of aryl methyl sites for hydroxylation is 1. The average Bonchev–Trinajstić information content (AvgIpc) is 3.14. The number of nitrogens with one attached hydrogen (secondary N) is 1. The maximum atomic E-state index is 12.6. The highest BCUT2D eigenvalue weighted by Gasteiger charge is 2.19. The molecule has 3 aromatic rings. The van der Waals surface area contributed by atoms with Crippen molar-refractivity contribution in [2.45, 2.75) is 19.6 Å². The summed E-state index contributed by atoms with van der Waals surface area (Å²) in [6.07, 6.45) is 1.82. The van der Waals surface area contributed by atoms with Crippen LogP contribution in [0.4, 0.5) is 5.69 Å². The Morgan fingerprint density at radius 3 is 2.59 bits per heavy atom. The van der Waals surface area contributed by atoms with E-state index in [0.29, 0.717) is 6.54 Å². The standard InChI is InChI=1S/C22H23N3O2/c1-15-12-22(26)25(21-7-5-4-6-19(15)21)14-18-13-20(23-27-18)16-8-10-17(11-9-16)24(2)3/h4-13,18,23H,14H2,1-3H3/t18-/m0/s1. The van der Waals surface area contributed by atoms with Crippen LogP contribution in [0.2, 0.25) is 0 Å². The van der Waals surface area contributed by atoms with Gasteiger partial charge in [-0.15, -0.1) is 0 Å². The molecule has 0 unspecified atom stereocenters. The lowest BCUT2D eigenvalue weighted by atomic mass is 10.1. The Labute approximate surface area is 158 Å². The fraction of sp³-hybridized carbons (Fsp3) is 0.227. The summed E-state index contributed by atoms with van der Waals surface area (Å²) >= 11 is 0. The molecule has 0 saturated heterocycles. The number of fused-ring (bicyclic) bond motifs is 1. The van der Waals surface area contributed by atoms with Crippen LogP contribution in [0.3, 0.4) is 0 Å². The van der Waals surface area contributed by atoms with E-state index in [1.54, 1.807) is 10.6 Å². The molecule has 0 aliphatic carbocycles. The van der Waals surface area contributed by atoms with Crippen LogP contribution in [0, 0.1) is 6.92 Å². The molecule has 4 rings (SSSR count). The lowest BCUT2D eigenvalue weighted by Gasteiger charge is -2.14. The van der Waals surface area contributed by atoms with Crippen LogP contribution >= 0.6 is 0 Å². The molecule has 1 atom stereocenters. The van der Waals surface area contributed by atoms with Gasteiger partial charge in [0.25, 0.3) is 5.56 Å². The van der Waals surface area contributed by atoms with Gasteiger partial charge in [-0.2, -0.15) is 0 Å². The van der Waals surface area contributed by atoms with Crippen molar-refractivity contribution in [3.8, 4) is 0 Å². The molecule has 138 valence electrons. The molecule has 0 radical (unpaired) electrons. The summed E-state index contributed by atoms with van der Waals surface area (Å²) in [5.41, 5.74) is 8.06. The first-order valence-electron chi connectivity index (χ1n) is 9.03. The first-order chi connectivity index (χ1) is 13.0. The van der Waals surface area contributed by atoms with Crippen LogP contribution in [0.25, 0.3) is 16.6 Å². The van der Waals surface area contributed by atoms with Crippen molar-refractivity contribution >= 4 is 22.3 Å². The highest BCUT2D eigenvalue weighted by atomic mass is 16.7. The maximum Gasteiger partial charge on any atom is 0.251 e. The number of aromatic nitrogens is 1. The van der Waals surface area contributed by atoms with Crippen molar-refractivity contribution in [2.75, 3.05) is 19.0 Å². The van der Waals surface area contributed by atoms with E-state index >= 15 is 0 Å². The molecule has 0 spiro atoms. The summed E-state index contributed by atoms with van der Waals surface area (Å²) in [5, 5.41) is 1.09. The zero-order chi connectivity index (χ0) is 19.0. The Morgan fingerprint density at radius 1 is 1.11 bits per heavy atom. The molecule has 2 aromatic carbocycles. The molecule has 0 amide bonds. The zero-order valence-corrected chi connectivity index (χ0v) is 15.8. The van der Waals surface area contributed by atoms with Crippen molar-refractivity contribution < 1.29 is 4.84 Å². The van der Waals surface area contributed by atoms with Gasteiger partial charge in [0.1, 0.15) is 6.10 Å². The minimum Gasteiger partial charge on any atom is -0.378 e. The molecule has 0 bridgehead atoms. The number of benzene rings is 2. The molecule has 27 heavy (non-hydrogen) atoms. The van der Waals surface area contributed by atoms with E-state index in [2.05, 4.69) is 34.6 Å². The molecule has 5 heteroatoms. The predicted molar refractivity (Wildman–Crippen MR) is 110 cm³/mol. The Kier molecular flexibility index (Phi) is 4.46. The van der Waals surface area contributed by atoms with Gasteiger partial charge < -0.3 is 9.47 Å². The normalized spacial score (nSPS) is 16.3. The van der Waals surface area contributed by atoms with Gasteiger partial charge in [-0.3, -0.25) is 15.1 Å². The maximum absolute atomic E-state index is 12.6. The van der Waals surface area contributed by atoms with Crippen LogP contribution in [-0.2, 0) is 11.4 Å². The molecule has 0 saturated carbocycles. The number of hydrogen-bond acceptors (Lipinski definition) is 4. The molecule has 1 aromatic heterocycles. The summed E-state index contributed by atoms with van der Waals surface area (Å²) < 4.78 is 1.78. The fourth-order valence-corrected chi connectivity index (χ4v) is 3.45. The highest BCUT2D eigenvalue weighted by molar-refractivity contribution is 5.82. The van der Waals surface area contributed by atoms with E-state index in [1.807, 2.05) is 51.4 Å². The third-order valence-electron chi connectivity index (χ3n) is 4.96. The highest BCUT2D eigenvalue weighted by Crippen LogP contribution is 2.23. The third kappa shape index (κ3) is 3.34. The van der Waals surface area contributed by atoms with E-state index in [9.17, 15) is 4.79 Å². The smallest absolute Gasteiger partial charge is 0.251 e. The number of nitrogens with zero attached hydrogens (tertiary/aromatic N) is 2. The Morgan fingerprint density at radius 2 is 1.85 bits per heavy atom. The monoisotopic (exact) mass is 361 g/mol. The number of rotatable bonds is 4. The van der Waals surface area contributed by atoms with Gasteiger partial charge >= 0.3 is 0 Å². The second-order valence-electron chi connectivity index (χ2n) is 7.07. The van der Waals surface area contributed by atoms with Crippen LogP contribution < -0.4 is 15.9 Å². The number of hydrogen-bond donors (Lipinski definition) is 1. The summed E-state index contributed by atoms with van der Waals surface area (Å²) in [7, 11) is 4.04. The van der Waals surface area contributed by atoms with Gasteiger partial charge in [0.2, 0.25) is 0 Å². The van der Waals surface area contributed by atoms with Crippen LogP contribution in [0.1, 0.15) is 11.1 Å². The predicted octanol–water partition coefficient (Wildman–Crippen LogP) is 3.32. The quantitative estimate of drug-likeness (QED) is 0.774. The van der Waals surface area contributed by atoms with Gasteiger partial charge in [0.15, 0.2) is 0 Å². The van der Waals surface area contributed by atoms with Gasteiger partial charge in [-0.05, 0) is 42.3 Å². The van der Waals surface area contributed by atoms with Crippen molar-refractivity contribution in [3.05, 3.63) is 82.2 Å². The molecule has 0 fully saturated rings. The molecule has 1 aliphatic rings. The summed E-state index contributed by atoms with van der Waals surface area (Å²) in [6, 6.07) is 17.9. The molecule has 5 nitrogen and oxygen atoms in total. The topological polar surface area (TPSA) is 46.5 Å². The first-order valence-corrected chi connectivity index (χ1v) is 9.03. The number of hydroxylamine groups is 1. The second-order valence-corrected chi connectivity index (χ2v) is 7.07. The third-order valence-corrected chi connectivity index (χ3v) is 4.96. The Balaban J connectivity index is 1.62. The van der Waals surface area contributed by atoms with Crippen molar-refractivity contribution in [1.82, 2.24) is 10.0 Å². The summed E-state index contributed by atoms with van der Waals surface area (Å²) in [6.45, 7) is 2.43. The lowest BCUT2D eigenvalue weighted by molar-refractivity contribution is 0.0419. The van der Waals surface area contributed by atoms with E-state index in [0.717, 1.165) is 33.4 Å². The summed E-state index contributed by atoms with van der Waals surface area (Å²) in [5.74, 6) is 0. The molecule has 1 aliphatic heterocycles. The van der Waals surface area contributed by atoms with Gasteiger partial charge in [0.05, 0.1) is 17.8 Å². The van der Waals surface area contributed by atoms with E-state index in [-0.39, 0.29) is 11.7 Å². The van der Waals surface area contributed by atoms with E-state index in [4.69, 9.17) is 4.84 Å². The van der Waals surface area contributed by atoms with Gasteiger partial charge in [-0.25, -0.2) is 0 Å². The minimum absolute atomic E-state index is 0.00742. The van der Waals surface area contributed by atoms with E-state index < -0.39 is 0 Å². The van der Waals surface area contributed by atoms with Crippen molar-refractivity contribution in [3.63, 3.8) is 0 Å². The second kappa shape index (κ2) is 6.93. The van der Waals surface area contributed by atoms with Crippen molar-refractivity contribution in [1.29, 1.82) is 0 Å². The van der Waals surface area contributed by atoms with Crippen LogP contribution in [0.15, 0.2) is 65.5 Å². The fourth-order valence-electron chi connectivity index (χ4n) is 3.45. The van der Waals surface area contributed by atoms with Crippen LogP contribution in [0.5, 0.6) is 0 Å². The minimum atomic E-state index is -0.211. The van der Waals surface area contributed by atoms with Gasteiger partial charge in [-0.1, -0.05) is 30.3 Å². The molecular formula is C22H23N3O2. The Hall–Kier alpha value is -3.05. The average molecular weight is 361 g/mol. The first kappa shape index (κ1) is 17.4. The van der Waals surface area contributed by atoms with E-state index in [1.165, 1.54) is 0 Å².